The molecule has 0 amide bonds. The molecule has 4 heterocycles. The molecule has 0 spiro atoms. The number of carboxylic acid groups (broad SMARTS) is 1. The van der Waals surface area contributed by atoms with Crippen molar-refractivity contribution in [1.82, 2.24) is 20.3 Å². The fraction of sp³-hybridized carbons (Fsp3) is 0.545. The first-order chi connectivity index (χ1) is 16.6. The molecular weight excluding hydrogens is 467 g/mol. The highest BCUT2D eigenvalue weighted by atomic mass is 19.4. The van der Waals surface area contributed by atoms with Gasteiger partial charge in [0.2, 0.25) is 0 Å². The molecule has 0 radical (unpaired) electrons. The largest absolute Gasteiger partial charge is 0.490 e. The van der Waals surface area contributed by atoms with Crippen molar-refractivity contribution >= 4 is 29.1 Å². The standard InChI is InChI=1S/C20H27N7O.C2HF3O2/c1-12(11-28)24-18-5-15(27-10-14-4-16(27)7-21-14)6-19(25-18)26-20-9-22-17(8-23-20)13-2-3-13;3-2(4,5)1(6)7/h5-6,8-9,12-14,16,21,28H,2-4,7,10-11H2,1H3,(H2,23,24,25,26);(H,6,7). The zero-order valence-electron chi connectivity index (χ0n) is 19.1. The van der Waals surface area contributed by atoms with Crippen molar-refractivity contribution in [3.8, 4) is 0 Å². The predicted molar refractivity (Wildman–Crippen MR) is 123 cm³/mol. The molecular formula is C22H28F3N7O3. The van der Waals surface area contributed by atoms with E-state index in [9.17, 15) is 18.3 Å². The number of aromatic nitrogens is 3. The summed E-state index contributed by atoms with van der Waals surface area (Å²) in [5, 5.41) is 26.7. The van der Waals surface area contributed by atoms with Gasteiger partial charge in [-0.25, -0.2) is 14.8 Å². The number of halogens is 3. The van der Waals surface area contributed by atoms with Gasteiger partial charge in [-0.2, -0.15) is 13.2 Å². The number of fused-ring (bicyclic) bond motifs is 2. The number of rotatable bonds is 7. The number of aliphatic carboxylic acids is 1. The zero-order chi connectivity index (χ0) is 25.2. The van der Waals surface area contributed by atoms with Crippen LogP contribution in [0.3, 0.4) is 0 Å². The summed E-state index contributed by atoms with van der Waals surface area (Å²) in [6.07, 6.45) is 2.19. The highest BCUT2D eigenvalue weighted by Gasteiger charge is 2.38. The van der Waals surface area contributed by atoms with E-state index in [1.807, 2.05) is 13.1 Å². The van der Waals surface area contributed by atoms with Gasteiger partial charge in [0.25, 0.3) is 0 Å². The second kappa shape index (κ2) is 10.2. The Balaban J connectivity index is 0.000000364. The van der Waals surface area contributed by atoms with Gasteiger partial charge in [-0.3, -0.25) is 4.98 Å². The quantitative estimate of drug-likeness (QED) is 0.390. The Bertz CT molecular complexity index is 1030. The predicted octanol–water partition coefficient (Wildman–Crippen LogP) is 2.47. The molecule has 190 valence electrons. The smallest absolute Gasteiger partial charge is 0.475 e. The van der Waals surface area contributed by atoms with Crippen LogP contribution in [0.4, 0.5) is 36.3 Å². The minimum absolute atomic E-state index is 0.0567. The summed E-state index contributed by atoms with van der Waals surface area (Å²) in [4.78, 5) is 25.1. The van der Waals surface area contributed by atoms with Crippen LogP contribution in [0.5, 0.6) is 0 Å². The minimum Gasteiger partial charge on any atom is -0.475 e. The fourth-order valence-electron chi connectivity index (χ4n) is 4.12. The molecule has 35 heavy (non-hydrogen) atoms. The number of aliphatic hydroxyl groups is 1. The minimum atomic E-state index is -5.08. The van der Waals surface area contributed by atoms with Crippen LogP contribution < -0.4 is 20.9 Å². The Kier molecular flexibility index (Phi) is 7.26. The Labute approximate surface area is 200 Å². The molecule has 5 N–H and O–H groups in total. The van der Waals surface area contributed by atoms with Crippen LogP contribution in [0.1, 0.15) is 37.8 Å². The number of nitrogens with zero attached hydrogens (tertiary/aromatic N) is 4. The van der Waals surface area contributed by atoms with Gasteiger partial charge in [0, 0.05) is 55.0 Å². The van der Waals surface area contributed by atoms with Gasteiger partial charge in [-0.15, -0.1) is 0 Å². The Hall–Kier alpha value is -3.19. The number of hydrogen-bond donors (Lipinski definition) is 5. The van der Waals surface area contributed by atoms with Crippen LogP contribution in [-0.4, -0.2) is 75.1 Å². The van der Waals surface area contributed by atoms with E-state index in [0.29, 0.717) is 23.8 Å². The maximum atomic E-state index is 10.6. The second-order valence-corrected chi connectivity index (χ2v) is 9.00. The number of aliphatic hydroxyl groups excluding tert-OH is 1. The average molecular weight is 496 g/mol. The zero-order valence-corrected chi connectivity index (χ0v) is 19.1. The number of hydrogen-bond acceptors (Lipinski definition) is 9. The molecule has 3 atom stereocenters. The van der Waals surface area contributed by atoms with Gasteiger partial charge in [0.05, 0.1) is 24.7 Å². The van der Waals surface area contributed by atoms with E-state index >= 15 is 0 Å². The summed E-state index contributed by atoms with van der Waals surface area (Å²) < 4.78 is 31.7. The first-order valence-electron chi connectivity index (χ1n) is 11.4. The van der Waals surface area contributed by atoms with Gasteiger partial charge in [0.1, 0.15) is 17.5 Å². The lowest BCUT2D eigenvalue weighted by Crippen LogP contribution is -2.43. The van der Waals surface area contributed by atoms with Crippen LogP contribution >= 0.6 is 0 Å². The van der Waals surface area contributed by atoms with Crippen molar-refractivity contribution in [3.05, 3.63) is 30.2 Å². The molecule has 1 aliphatic carbocycles. The summed E-state index contributed by atoms with van der Waals surface area (Å²) in [7, 11) is 0. The molecule has 3 unspecified atom stereocenters. The first kappa shape index (κ1) is 24.9. The van der Waals surface area contributed by atoms with Crippen molar-refractivity contribution in [2.75, 3.05) is 35.2 Å². The normalized spacial score (nSPS) is 21.8. The molecule has 2 saturated heterocycles. The molecule has 2 aliphatic heterocycles. The van der Waals surface area contributed by atoms with Gasteiger partial charge in [-0.1, -0.05) is 0 Å². The summed E-state index contributed by atoms with van der Waals surface area (Å²) >= 11 is 0. The maximum Gasteiger partial charge on any atom is 0.490 e. The summed E-state index contributed by atoms with van der Waals surface area (Å²) in [5.74, 6) is 0.0134. The third-order valence-electron chi connectivity index (χ3n) is 6.03. The van der Waals surface area contributed by atoms with E-state index in [1.54, 1.807) is 6.20 Å². The molecule has 10 nitrogen and oxygen atoms in total. The lowest BCUT2D eigenvalue weighted by molar-refractivity contribution is -0.192. The van der Waals surface area contributed by atoms with E-state index in [-0.39, 0.29) is 12.6 Å². The molecule has 2 aromatic heterocycles. The SMILES string of the molecule is CC(CO)Nc1cc(N2CC3CC2CN3)cc(Nc2cnc(C3CC3)cn2)n1.O=C(O)C(F)(F)F. The third-order valence-corrected chi connectivity index (χ3v) is 6.03. The number of carboxylic acids is 1. The van der Waals surface area contributed by atoms with Crippen LogP contribution in [-0.2, 0) is 4.79 Å². The summed E-state index contributed by atoms with van der Waals surface area (Å²) in [6, 6.07) is 5.18. The lowest BCUT2D eigenvalue weighted by atomic mass is 10.2. The Morgan fingerprint density at radius 1 is 1.23 bits per heavy atom. The van der Waals surface area contributed by atoms with Gasteiger partial charge >= 0.3 is 12.1 Å². The molecule has 13 heteroatoms. The maximum absolute atomic E-state index is 10.6. The molecule has 3 fully saturated rings. The van der Waals surface area contributed by atoms with Gasteiger partial charge in [-0.05, 0) is 26.2 Å². The second-order valence-electron chi connectivity index (χ2n) is 9.00. The molecule has 1 saturated carbocycles. The van der Waals surface area contributed by atoms with E-state index in [4.69, 9.17) is 9.90 Å². The number of pyridine rings is 1. The number of alkyl halides is 3. The fourth-order valence-corrected chi connectivity index (χ4v) is 4.12. The van der Waals surface area contributed by atoms with Crippen LogP contribution in [0, 0.1) is 0 Å². The summed E-state index contributed by atoms with van der Waals surface area (Å²) in [6.45, 7) is 4.03. The number of piperazine rings is 1. The van der Waals surface area contributed by atoms with Crippen LogP contribution in [0.2, 0.25) is 0 Å². The van der Waals surface area contributed by atoms with Crippen molar-refractivity contribution in [2.24, 2.45) is 0 Å². The van der Waals surface area contributed by atoms with Gasteiger partial charge < -0.3 is 31.1 Å². The first-order valence-corrected chi connectivity index (χ1v) is 11.4. The summed E-state index contributed by atoms with van der Waals surface area (Å²) in [5.41, 5.74) is 2.22. The molecule has 0 aromatic carbocycles. The third kappa shape index (κ3) is 6.48. The Morgan fingerprint density at radius 3 is 2.46 bits per heavy atom. The van der Waals surface area contributed by atoms with E-state index in [1.165, 1.54) is 19.3 Å². The molecule has 3 aliphatic rings. The molecule has 2 bridgehead atoms. The van der Waals surface area contributed by atoms with Crippen LogP contribution in [0.15, 0.2) is 24.5 Å². The topological polar surface area (TPSA) is 136 Å². The molecule has 2 aromatic rings. The van der Waals surface area contributed by atoms with Crippen molar-refractivity contribution in [2.45, 2.75) is 56.4 Å². The van der Waals surface area contributed by atoms with E-state index in [0.717, 1.165) is 36.1 Å². The van der Waals surface area contributed by atoms with Crippen molar-refractivity contribution in [3.63, 3.8) is 0 Å². The van der Waals surface area contributed by atoms with Crippen molar-refractivity contribution in [1.29, 1.82) is 0 Å². The van der Waals surface area contributed by atoms with E-state index < -0.39 is 12.1 Å². The number of nitrogens with one attached hydrogen (secondary N) is 3. The lowest BCUT2D eigenvalue weighted by Gasteiger charge is -2.30. The Morgan fingerprint density at radius 2 is 1.94 bits per heavy atom. The highest BCUT2D eigenvalue weighted by molar-refractivity contribution is 5.73. The monoisotopic (exact) mass is 495 g/mol. The van der Waals surface area contributed by atoms with Crippen LogP contribution in [0.25, 0.3) is 0 Å². The number of anilines is 4. The highest BCUT2D eigenvalue weighted by Crippen LogP contribution is 2.38. The van der Waals surface area contributed by atoms with E-state index in [2.05, 4.69) is 47.9 Å². The van der Waals surface area contributed by atoms with Crippen molar-refractivity contribution < 1.29 is 28.2 Å². The van der Waals surface area contributed by atoms with Gasteiger partial charge in [0.15, 0.2) is 0 Å². The number of carbonyl (C=O) groups is 1. The average Bonchev–Trinajstić information content (AvgIpc) is 3.44. The molecule has 5 rings (SSSR count).